The number of nitriles is 1. The van der Waals surface area contributed by atoms with Crippen LogP contribution in [-0.4, -0.2) is 36.1 Å². The molecule has 1 rings (SSSR count). The maximum Gasteiger partial charge on any atom is 0.144 e. The highest BCUT2D eigenvalue weighted by Crippen LogP contribution is 2.03. The van der Waals surface area contributed by atoms with E-state index in [2.05, 4.69) is 42.2 Å². The first kappa shape index (κ1) is 14.6. The number of pyridine rings is 1. The highest BCUT2D eigenvalue weighted by Gasteiger charge is 2.03. The average molecular weight is 246 g/mol. The maximum absolute atomic E-state index is 8.91. The second-order valence-electron chi connectivity index (χ2n) is 4.73. The molecule has 98 valence electrons. The number of nitrogens with one attached hydrogen (secondary N) is 1. The Morgan fingerprint density at radius 1 is 1.50 bits per heavy atom. The molecule has 4 heteroatoms. The largest absolute Gasteiger partial charge is 0.313 e. The molecule has 0 saturated heterocycles. The van der Waals surface area contributed by atoms with Crippen LogP contribution in [0.2, 0.25) is 0 Å². The number of nitrogens with zero attached hydrogens (tertiary/aromatic N) is 3. The van der Waals surface area contributed by atoms with Crippen LogP contribution in [0.4, 0.5) is 0 Å². The van der Waals surface area contributed by atoms with Crippen LogP contribution < -0.4 is 5.32 Å². The normalized spacial score (nSPS) is 10.9. The van der Waals surface area contributed by atoms with Crippen molar-refractivity contribution in [3.63, 3.8) is 0 Å². The van der Waals surface area contributed by atoms with Gasteiger partial charge in [0.15, 0.2) is 0 Å². The Kier molecular flexibility index (Phi) is 6.34. The molecule has 0 unspecified atom stereocenters. The van der Waals surface area contributed by atoms with E-state index in [1.165, 1.54) is 0 Å². The molecule has 0 aliphatic rings. The molecule has 0 aliphatic carbocycles. The molecule has 0 bridgehead atoms. The van der Waals surface area contributed by atoms with Crippen molar-refractivity contribution in [2.45, 2.75) is 32.9 Å². The Morgan fingerprint density at radius 2 is 2.28 bits per heavy atom. The zero-order valence-electron chi connectivity index (χ0n) is 11.5. The third-order valence-corrected chi connectivity index (χ3v) is 3.06. The SMILES string of the molecule is CC(C)N(C)CCCNCc1cccnc1C#N. The monoisotopic (exact) mass is 246 g/mol. The van der Waals surface area contributed by atoms with E-state index in [1.54, 1.807) is 6.20 Å². The third-order valence-electron chi connectivity index (χ3n) is 3.06. The van der Waals surface area contributed by atoms with Crippen LogP contribution in [0.25, 0.3) is 0 Å². The van der Waals surface area contributed by atoms with Gasteiger partial charge in [-0.3, -0.25) is 0 Å². The lowest BCUT2D eigenvalue weighted by Crippen LogP contribution is -2.29. The minimum atomic E-state index is 0.518. The number of hydrogen-bond donors (Lipinski definition) is 1. The fourth-order valence-corrected chi connectivity index (χ4v) is 1.62. The first-order valence-electron chi connectivity index (χ1n) is 6.40. The lowest BCUT2D eigenvalue weighted by molar-refractivity contribution is 0.269. The molecule has 0 aromatic carbocycles. The van der Waals surface area contributed by atoms with E-state index >= 15 is 0 Å². The van der Waals surface area contributed by atoms with E-state index in [0.717, 1.165) is 25.1 Å². The predicted octanol–water partition coefficient (Wildman–Crippen LogP) is 1.77. The fourth-order valence-electron chi connectivity index (χ4n) is 1.62. The van der Waals surface area contributed by atoms with Gasteiger partial charge in [-0.05, 0) is 46.5 Å². The molecule has 0 spiro atoms. The second-order valence-corrected chi connectivity index (χ2v) is 4.73. The molecular formula is C14H22N4. The van der Waals surface area contributed by atoms with Gasteiger partial charge in [-0.15, -0.1) is 0 Å². The summed E-state index contributed by atoms with van der Waals surface area (Å²) in [7, 11) is 2.14. The number of rotatable bonds is 7. The first-order valence-corrected chi connectivity index (χ1v) is 6.40. The van der Waals surface area contributed by atoms with Crippen molar-refractivity contribution in [1.82, 2.24) is 15.2 Å². The summed E-state index contributed by atoms with van der Waals surface area (Å²) >= 11 is 0. The highest BCUT2D eigenvalue weighted by atomic mass is 15.1. The van der Waals surface area contributed by atoms with Crippen LogP contribution in [0.3, 0.4) is 0 Å². The van der Waals surface area contributed by atoms with E-state index in [1.807, 2.05) is 12.1 Å². The smallest absolute Gasteiger partial charge is 0.144 e. The number of hydrogen-bond acceptors (Lipinski definition) is 4. The van der Waals surface area contributed by atoms with Crippen LogP contribution in [0.5, 0.6) is 0 Å². The van der Waals surface area contributed by atoms with E-state index in [-0.39, 0.29) is 0 Å². The topological polar surface area (TPSA) is 52.0 Å². The molecule has 0 saturated carbocycles. The molecule has 1 N–H and O–H groups in total. The number of aromatic nitrogens is 1. The third kappa shape index (κ3) is 4.82. The van der Waals surface area contributed by atoms with Gasteiger partial charge in [-0.25, -0.2) is 4.98 Å². The van der Waals surface area contributed by atoms with Crippen LogP contribution in [0, 0.1) is 11.3 Å². The average Bonchev–Trinajstić information content (AvgIpc) is 2.38. The predicted molar refractivity (Wildman–Crippen MR) is 73.0 cm³/mol. The van der Waals surface area contributed by atoms with Crippen molar-refractivity contribution in [3.05, 3.63) is 29.6 Å². The van der Waals surface area contributed by atoms with Gasteiger partial charge in [-0.1, -0.05) is 6.07 Å². The van der Waals surface area contributed by atoms with E-state index in [9.17, 15) is 0 Å². The fraction of sp³-hybridized carbons (Fsp3) is 0.571. The lowest BCUT2D eigenvalue weighted by atomic mass is 10.2. The van der Waals surface area contributed by atoms with Crippen LogP contribution in [0.1, 0.15) is 31.5 Å². The summed E-state index contributed by atoms with van der Waals surface area (Å²) in [5.74, 6) is 0. The van der Waals surface area contributed by atoms with Crippen molar-refractivity contribution in [2.75, 3.05) is 20.1 Å². The van der Waals surface area contributed by atoms with E-state index in [4.69, 9.17) is 5.26 Å². The van der Waals surface area contributed by atoms with Gasteiger partial charge >= 0.3 is 0 Å². The van der Waals surface area contributed by atoms with Gasteiger partial charge in [0.05, 0.1) is 0 Å². The first-order chi connectivity index (χ1) is 8.65. The zero-order chi connectivity index (χ0) is 13.4. The van der Waals surface area contributed by atoms with Crippen LogP contribution >= 0.6 is 0 Å². The van der Waals surface area contributed by atoms with Crippen molar-refractivity contribution in [3.8, 4) is 6.07 Å². The summed E-state index contributed by atoms with van der Waals surface area (Å²) in [6.45, 7) is 7.15. The summed E-state index contributed by atoms with van der Waals surface area (Å²) in [4.78, 5) is 6.36. The standard InChI is InChI=1S/C14H22N4/c1-12(2)18(3)9-5-7-16-11-13-6-4-8-17-14(13)10-15/h4,6,8,12,16H,5,7,9,11H2,1-3H3. The van der Waals surface area contributed by atoms with Gasteiger partial charge in [-0.2, -0.15) is 5.26 Å². The van der Waals surface area contributed by atoms with Crippen molar-refractivity contribution in [1.29, 1.82) is 5.26 Å². The van der Waals surface area contributed by atoms with Crippen LogP contribution in [0.15, 0.2) is 18.3 Å². The summed E-state index contributed by atoms with van der Waals surface area (Å²) in [6, 6.07) is 6.51. The minimum absolute atomic E-state index is 0.518. The molecule has 0 atom stereocenters. The Hall–Kier alpha value is -1.44. The quantitative estimate of drug-likeness (QED) is 0.745. The molecular weight excluding hydrogens is 224 g/mol. The molecule has 1 aromatic heterocycles. The summed E-state index contributed by atoms with van der Waals surface area (Å²) < 4.78 is 0. The van der Waals surface area contributed by atoms with Crippen molar-refractivity contribution < 1.29 is 0 Å². The molecule has 0 radical (unpaired) electrons. The summed E-state index contributed by atoms with van der Waals surface area (Å²) in [5, 5.41) is 12.3. The van der Waals surface area contributed by atoms with Gasteiger partial charge in [0.25, 0.3) is 0 Å². The van der Waals surface area contributed by atoms with Gasteiger partial charge < -0.3 is 10.2 Å². The molecule has 1 heterocycles. The highest BCUT2D eigenvalue weighted by molar-refractivity contribution is 5.30. The molecule has 0 aliphatic heterocycles. The molecule has 4 nitrogen and oxygen atoms in total. The molecule has 0 amide bonds. The molecule has 0 fully saturated rings. The maximum atomic E-state index is 8.91. The summed E-state index contributed by atoms with van der Waals surface area (Å²) in [6.07, 6.45) is 2.76. The minimum Gasteiger partial charge on any atom is -0.313 e. The van der Waals surface area contributed by atoms with Crippen molar-refractivity contribution >= 4 is 0 Å². The van der Waals surface area contributed by atoms with Crippen molar-refractivity contribution in [2.24, 2.45) is 0 Å². The van der Waals surface area contributed by atoms with Gasteiger partial charge in [0, 0.05) is 24.3 Å². The Labute approximate surface area is 110 Å². The Bertz CT molecular complexity index is 395. The second kappa shape index (κ2) is 7.80. The summed E-state index contributed by atoms with van der Waals surface area (Å²) in [5.41, 5.74) is 1.49. The molecule has 1 aromatic rings. The van der Waals surface area contributed by atoms with E-state index in [0.29, 0.717) is 18.3 Å². The lowest BCUT2D eigenvalue weighted by Gasteiger charge is -2.20. The molecule has 18 heavy (non-hydrogen) atoms. The van der Waals surface area contributed by atoms with Crippen LogP contribution in [-0.2, 0) is 6.54 Å². The van der Waals surface area contributed by atoms with E-state index < -0.39 is 0 Å². The van der Waals surface area contributed by atoms with Gasteiger partial charge in [0.2, 0.25) is 0 Å². The Balaban J connectivity index is 2.24. The van der Waals surface area contributed by atoms with Gasteiger partial charge in [0.1, 0.15) is 11.8 Å². The zero-order valence-corrected chi connectivity index (χ0v) is 11.5. The Morgan fingerprint density at radius 3 is 2.94 bits per heavy atom.